The minimum atomic E-state index is -0.485. The van der Waals surface area contributed by atoms with Gasteiger partial charge in [0.05, 0.1) is 12.2 Å². The van der Waals surface area contributed by atoms with Crippen LogP contribution in [-0.2, 0) is 4.74 Å². The third-order valence-corrected chi connectivity index (χ3v) is 5.02. The van der Waals surface area contributed by atoms with Crippen molar-refractivity contribution in [2.24, 2.45) is 0 Å². The SMILES string of the molecule is CCOC(=O)c1cc(-c2ccccc2Cl)c(C(C)=O)cc1-c1ccccc1Cl. The van der Waals surface area contributed by atoms with Crippen LogP contribution in [0.4, 0.5) is 0 Å². The van der Waals surface area contributed by atoms with Gasteiger partial charge in [-0.1, -0.05) is 59.6 Å². The Kier molecular flexibility index (Phi) is 6.18. The minimum absolute atomic E-state index is 0.140. The van der Waals surface area contributed by atoms with Crippen molar-refractivity contribution in [3.63, 3.8) is 0 Å². The Morgan fingerprint density at radius 3 is 1.71 bits per heavy atom. The summed E-state index contributed by atoms with van der Waals surface area (Å²) in [6.07, 6.45) is 0. The van der Waals surface area contributed by atoms with E-state index in [9.17, 15) is 9.59 Å². The molecule has 0 unspecified atom stereocenters. The number of Topliss-reactive ketones (excluding diaryl/α,β-unsaturated/α-hetero) is 1. The lowest BCUT2D eigenvalue weighted by Crippen LogP contribution is -2.09. The molecule has 0 aliphatic heterocycles. The lowest BCUT2D eigenvalue weighted by Gasteiger charge is -2.16. The number of halogens is 2. The Balaban J connectivity index is 2.36. The third kappa shape index (κ3) is 3.96. The molecule has 5 heteroatoms. The first-order valence-corrected chi connectivity index (χ1v) is 9.55. The van der Waals surface area contributed by atoms with Crippen molar-refractivity contribution < 1.29 is 14.3 Å². The fourth-order valence-corrected chi connectivity index (χ4v) is 3.55. The second kappa shape index (κ2) is 8.59. The molecule has 3 nitrogen and oxygen atoms in total. The molecule has 0 amide bonds. The number of ketones is 1. The predicted molar refractivity (Wildman–Crippen MR) is 113 cm³/mol. The lowest BCUT2D eigenvalue weighted by molar-refractivity contribution is 0.0527. The Morgan fingerprint density at radius 2 is 1.25 bits per heavy atom. The number of carbonyl (C=O) groups excluding carboxylic acids is 2. The van der Waals surface area contributed by atoms with Gasteiger partial charge in [0.25, 0.3) is 0 Å². The smallest absolute Gasteiger partial charge is 0.338 e. The van der Waals surface area contributed by atoms with E-state index in [1.165, 1.54) is 6.92 Å². The molecule has 0 radical (unpaired) electrons. The number of rotatable bonds is 5. The van der Waals surface area contributed by atoms with Crippen LogP contribution in [0, 0.1) is 0 Å². The topological polar surface area (TPSA) is 43.4 Å². The largest absolute Gasteiger partial charge is 0.462 e. The normalized spacial score (nSPS) is 10.6. The highest BCUT2D eigenvalue weighted by atomic mass is 35.5. The summed E-state index contributed by atoms with van der Waals surface area (Å²) in [5.41, 5.74) is 3.24. The van der Waals surface area contributed by atoms with Gasteiger partial charge in [-0.3, -0.25) is 4.79 Å². The molecule has 3 rings (SSSR count). The second-order valence-corrected chi connectivity index (χ2v) is 6.99. The van der Waals surface area contributed by atoms with E-state index in [4.69, 9.17) is 27.9 Å². The third-order valence-electron chi connectivity index (χ3n) is 4.36. The first-order valence-electron chi connectivity index (χ1n) is 8.80. The van der Waals surface area contributed by atoms with Crippen LogP contribution in [0.1, 0.15) is 34.6 Å². The first kappa shape index (κ1) is 20.1. The number of benzene rings is 3. The maximum absolute atomic E-state index is 12.7. The van der Waals surface area contributed by atoms with Crippen molar-refractivity contribution in [2.75, 3.05) is 6.61 Å². The Hall–Kier alpha value is -2.62. The highest BCUT2D eigenvalue weighted by Gasteiger charge is 2.22. The van der Waals surface area contributed by atoms with Gasteiger partial charge in [-0.05, 0) is 49.2 Å². The number of esters is 1. The van der Waals surface area contributed by atoms with Crippen molar-refractivity contribution in [1.82, 2.24) is 0 Å². The summed E-state index contributed by atoms with van der Waals surface area (Å²) < 4.78 is 5.25. The Morgan fingerprint density at radius 1 is 0.786 bits per heavy atom. The van der Waals surface area contributed by atoms with Crippen LogP contribution in [0.15, 0.2) is 60.7 Å². The van der Waals surface area contributed by atoms with E-state index in [-0.39, 0.29) is 12.4 Å². The van der Waals surface area contributed by atoms with Crippen LogP contribution in [-0.4, -0.2) is 18.4 Å². The van der Waals surface area contributed by atoms with Gasteiger partial charge >= 0.3 is 5.97 Å². The molecule has 28 heavy (non-hydrogen) atoms. The van der Waals surface area contributed by atoms with Crippen LogP contribution in [0.5, 0.6) is 0 Å². The zero-order chi connectivity index (χ0) is 20.3. The molecule has 0 N–H and O–H groups in total. The van der Waals surface area contributed by atoms with E-state index < -0.39 is 5.97 Å². The molecular formula is C23H18Cl2O3. The molecule has 0 spiro atoms. The predicted octanol–water partition coefficient (Wildman–Crippen LogP) is 6.71. The highest BCUT2D eigenvalue weighted by molar-refractivity contribution is 6.34. The molecule has 0 bridgehead atoms. The number of hydrogen-bond donors (Lipinski definition) is 0. The van der Waals surface area contributed by atoms with Crippen LogP contribution >= 0.6 is 23.2 Å². The van der Waals surface area contributed by atoms with E-state index in [1.807, 2.05) is 24.3 Å². The molecule has 0 heterocycles. The van der Waals surface area contributed by atoms with Crippen molar-refractivity contribution in [1.29, 1.82) is 0 Å². The fraction of sp³-hybridized carbons (Fsp3) is 0.130. The van der Waals surface area contributed by atoms with Gasteiger partial charge in [0.1, 0.15) is 0 Å². The molecule has 0 aliphatic rings. The van der Waals surface area contributed by atoms with Gasteiger partial charge in [-0.25, -0.2) is 4.79 Å². The van der Waals surface area contributed by atoms with Gasteiger partial charge in [-0.15, -0.1) is 0 Å². The van der Waals surface area contributed by atoms with E-state index in [1.54, 1.807) is 43.3 Å². The van der Waals surface area contributed by atoms with E-state index in [2.05, 4.69) is 0 Å². The van der Waals surface area contributed by atoms with Crippen molar-refractivity contribution in [3.8, 4) is 22.3 Å². The molecule has 0 aromatic heterocycles. The molecular weight excluding hydrogens is 395 g/mol. The lowest BCUT2D eigenvalue weighted by atomic mass is 9.89. The summed E-state index contributed by atoms with van der Waals surface area (Å²) in [5, 5.41) is 0.971. The zero-order valence-electron chi connectivity index (χ0n) is 15.5. The first-order chi connectivity index (χ1) is 13.4. The summed E-state index contributed by atoms with van der Waals surface area (Å²) in [6, 6.07) is 17.7. The number of ether oxygens (including phenoxy) is 1. The second-order valence-electron chi connectivity index (χ2n) is 6.18. The minimum Gasteiger partial charge on any atom is -0.462 e. The van der Waals surface area contributed by atoms with Crippen LogP contribution in [0.2, 0.25) is 10.0 Å². The van der Waals surface area contributed by atoms with Gasteiger partial charge in [0.15, 0.2) is 5.78 Å². The Bertz CT molecular complexity index is 1060. The van der Waals surface area contributed by atoms with E-state index in [0.29, 0.717) is 43.4 Å². The summed E-state index contributed by atoms with van der Waals surface area (Å²) in [5.74, 6) is -0.626. The number of carbonyl (C=O) groups is 2. The average molecular weight is 413 g/mol. The standard InChI is InChI=1S/C23H18Cl2O3/c1-3-28-23(27)20-13-18(15-8-4-6-10-21(15)24)17(14(2)26)12-19(20)16-9-5-7-11-22(16)25/h4-13H,3H2,1-2H3. The van der Waals surface area contributed by atoms with Crippen LogP contribution < -0.4 is 0 Å². The maximum Gasteiger partial charge on any atom is 0.338 e. The van der Waals surface area contributed by atoms with Gasteiger partial charge in [0.2, 0.25) is 0 Å². The van der Waals surface area contributed by atoms with Gasteiger partial charge in [-0.2, -0.15) is 0 Å². The van der Waals surface area contributed by atoms with E-state index >= 15 is 0 Å². The Labute approximate surface area is 173 Å². The molecule has 0 atom stereocenters. The summed E-state index contributed by atoms with van der Waals surface area (Å²) in [6.45, 7) is 3.46. The molecule has 0 saturated heterocycles. The maximum atomic E-state index is 12.7. The van der Waals surface area contributed by atoms with Gasteiger partial charge < -0.3 is 4.74 Å². The summed E-state index contributed by atoms with van der Waals surface area (Å²) in [7, 11) is 0. The molecule has 3 aromatic carbocycles. The monoisotopic (exact) mass is 412 g/mol. The molecule has 3 aromatic rings. The molecule has 0 aliphatic carbocycles. The van der Waals surface area contributed by atoms with Crippen molar-refractivity contribution in [3.05, 3.63) is 81.8 Å². The van der Waals surface area contributed by atoms with Crippen LogP contribution in [0.25, 0.3) is 22.3 Å². The summed E-state index contributed by atoms with van der Waals surface area (Å²) in [4.78, 5) is 25.2. The van der Waals surface area contributed by atoms with Crippen molar-refractivity contribution >= 4 is 35.0 Å². The molecule has 0 saturated carbocycles. The van der Waals surface area contributed by atoms with Crippen LogP contribution in [0.3, 0.4) is 0 Å². The quantitative estimate of drug-likeness (QED) is 0.345. The highest BCUT2D eigenvalue weighted by Crippen LogP contribution is 2.38. The van der Waals surface area contributed by atoms with Crippen molar-refractivity contribution in [2.45, 2.75) is 13.8 Å². The van der Waals surface area contributed by atoms with E-state index in [0.717, 1.165) is 0 Å². The number of hydrogen-bond acceptors (Lipinski definition) is 3. The average Bonchev–Trinajstić information content (AvgIpc) is 2.68. The molecule has 142 valence electrons. The fourth-order valence-electron chi connectivity index (χ4n) is 3.07. The van der Waals surface area contributed by atoms with Gasteiger partial charge in [0, 0.05) is 26.7 Å². The summed E-state index contributed by atoms with van der Waals surface area (Å²) >= 11 is 12.7. The zero-order valence-corrected chi connectivity index (χ0v) is 17.0. The molecule has 0 fully saturated rings.